The highest BCUT2D eigenvalue weighted by Crippen LogP contribution is 2.02. The molecule has 0 aliphatic carbocycles. The number of hydrogen-bond donors (Lipinski definition) is 2. The highest BCUT2D eigenvalue weighted by molar-refractivity contribution is 5.74. The van der Waals surface area contributed by atoms with Crippen molar-refractivity contribution in [1.82, 2.24) is 9.97 Å². The summed E-state index contributed by atoms with van der Waals surface area (Å²) in [4.78, 5) is 18.0. The number of anilines is 1. The predicted molar refractivity (Wildman–Crippen MR) is 49.0 cm³/mol. The Morgan fingerprint density at radius 3 is 3.07 bits per heavy atom. The van der Waals surface area contributed by atoms with Crippen LogP contribution in [-0.2, 0) is 4.79 Å². The fourth-order valence-electron chi connectivity index (χ4n) is 0.829. The van der Waals surface area contributed by atoms with E-state index in [0.717, 1.165) is 0 Å². The number of carbonyl (C=O) groups is 1. The van der Waals surface area contributed by atoms with Crippen LogP contribution in [0.4, 0.5) is 5.82 Å². The van der Waals surface area contributed by atoms with E-state index in [4.69, 9.17) is 11.0 Å². The summed E-state index contributed by atoms with van der Waals surface area (Å²) in [6.45, 7) is 0.400. The normalized spacial score (nSPS) is 9.07. The van der Waals surface area contributed by atoms with Crippen LogP contribution < -0.4 is 11.1 Å². The molecular weight excluding hydrogens is 182 g/mol. The second-order valence-electron chi connectivity index (χ2n) is 2.54. The van der Waals surface area contributed by atoms with Crippen LogP contribution >= 0.6 is 0 Å². The van der Waals surface area contributed by atoms with Gasteiger partial charge in [0.05, 0.1) is 0 Å². The molecule has 0 saturated carbocycles. The van der Waals surface area contributed by atoms with Gasteiger partial charge in [0.15, 0.2) is 0 Å². The van der Waals surface area contributed by atoms with E-state index in [9.17, 15) is 4.79 Å². The zero-order chi connectivity index (χ0) is 10.4. The minimum Gasteiger partial charge on any atom is -0.370 e. The molecule has 0 aliphatic heterocycles. The number of carbonyl (C=O) groups excluding carboxylic acids is 1. The monoisotopic (exact) mass is 191 g/mol. The van der Waals surface area contributed by atoms with E-state index in [1.165, 1.54) is 12.4 Å². The fourth-order valence-corrected chi connectivity index (χ4v) is 0.829. The lowest BCUT2D eigenvalue weighted by Crippen LogP contribution is -2.16. The molecule has 6 nitrogen and oxygen atoms in total. The molecule has 0 spiro atoms. The quantitative estimate of drug-likeness (QED) is 0.675. The van der Waals surface area contributed by atoms with E-state index >= 15 is 0 Å². The van der Waals surface area contributed by atoms with Crippen LogP contribution in [0.15, 0.2) is 12.4 Å². The van der Waals surface area contributed by atoms with E-state index in [0.29, 0.717) is 12.4 Å². The van der Waals surface area contributed by atoms with Crippen molar-refractivity contribution in [2.24, 2.45) is 5.73 Å². The summed E-state index contributed by atoms with van der Waals surface area (Å²) in [5.74, 6) is 0.130. The molecule has 0 aromatic carbocycles. The maximum atomic E-state index is 10.4. The zero-order valence-electron chi connectivity index (χ0n) is 7.40. The van der Waals surface area contributed by atoms with E-state index in [1.807, 2.05) is 6.07 Å². The predicted octanol–water partition coefficient (Wildman–Crippen LogP) is -0.364. The third-order valence-corrected chi connectivity index (χ3v) is 1.46. The van der Waals surface area contributed by atoms with Gasteiger partial charge in [-0.15, -0.1) is 0 Å². The summed E-state index contributed by atoms with van der Waals surface area (Å²) in [6, 6.07) is 3.38. The molecule has 0 fully saturated rings. The minimum absolute atomic E-state index is 0.228. The Balaban J connectivity index is 2.51. The molecule has 0 unspecified atom stereocenters. The van der Waals surface area contributed by atoms with Crippen molar-refractivity contribution >= 4 is 11.7 Å². The van der Waals surface area contributed by atoms with E-state index < -0.39 is 0 Å². The van der Waals surface area contributed by atoms with Gasteiger partial charge in [0, 0.05) is 19.0 Å². The number of nitrogens with zero attached hydrogens (tertiary/aromatic N) is 3. The van der Waals surface area contributed by atoms with Crippen LogP contribution in [0.1, 0.15) is 12.1 Å². The van der Waals surface area contributed by atoms with Crippen LogP contribution in [0, 0.1) is 11.3 Å². The average Bonchev–Trinajstić information content (AvgIpc) is 2.18. The maximum absolute atomic E-state index is 10.4. The van der Waals surface area contributed by atoms with Gasteiger partial charge in [-0.25, -0.2) is 9.97 Å². The summed E-state index contributed by atoms with van der Waals surface area (Å²) in [5, 5.41) is 11.4. The molecule has 1 amide bonds. The molecule has 0 atom stereocenters. The Hall–Kier alpha value is -2.16. The zero-order valence-corrected chi connectivity index (χ0v) is 7.40. The van der Waals surface area contributed by atoms with Gasteiger partial charge in [-0.3, -0.25) is 4.79 Å². The third-order valence-electron chi connectivity index (χ3n) is 1.46. The molecule has 3 N–H and O–H groups in total. The first-order valence-electron chi connectivity index (χ1n) is 3.96. The SMILES string of the molecule is N#Cc1cc(NCCC(N)=O)ncn1. The van der Waals surface area contributed by atoms with Crippen LogP contribution in [0.25, 0.3) is 0 Å². The number of nitriles is 1. The second kappa shape index (κ2) is 4.77. The molecule has 1 heterocycles. The van der Waals surface area contributed by atoms with Crippen LogP contribution in [0.3, 0.4) is 0 Å². The van der Waals surface area contributed by atoms with Gasteiger partial charge in [0.1, 0.15) is 23.9 Å². The van der Waals surface area contributed by atoms with E-state index in [1.54, 1.807) is 0 Å². The van der Waals surface area contributed by atoms with Crippen LogP contribution in [0.2, 0.25) is 0 Å². The number of nitrogens with two attached hydrogens (primary N) is 1. The lowest BCUT2D eigenvalue weighted by atomic mass is 10.4. The molecule has 1 aromatic heterocycles. The average molecular weight is 191 g/mol. The Bertz CT molecular complexity index is 370. The standard InChI is InChI=1S/C8H9N5O/c9-4-6-3-8(13-5-12-6)11-2-1-7(10)14/h3,5H,1-2H2,(H2,10,14)(H,11,12,13). The van der Waals surface area contributed by atoms with Crippen molar-refractivity contribution in [1.29, 1.82) is 5.26 Å². The molecule has 1 aromatic rings. The van der Waals surface area contributed by atoms with Gasteiger partial charge in [0.2, 0.25) is 5.91 Å². The Kier molecular flexibility index (Phi) is 3.38. The van der Waals surface area contributed by atoms with E-state index in [2.05, 4.69) is 15.3 Å². The molecule has 0 saturated heterocycles. The summed E-state index contributed by atoms with van der Waals surface area (Å²) in [6.07, 6.45) is 1.51. The van der Waals surface area contributed by atoms with Crippen LogP contribution in [-0.4, -0.2) is 22.4 Å². The topological polar surface area (TPSA) is 105 Å². The number of nitrogens with one attached hydrogen (secondary N) is 1. The van der Waals surface area contributed by atoms with Gasteiger partial charge < -0.3 is 11.1 Å². The van der Waals surface area contributed by atoms with Crippen molar-refractivity contribution in [3.63, 3.8) is 0 Å². The first kappa shape index (κ1) is 9.92. The first-order chi connectivity index (χ1) is 6.72. The highest BCUT2D eigenvalue weighted by atomic mass is 16.1. The smallest absolute Gasteiger partial charge is 0.219 e. The maximum Gasteiger partial charge on any atom is 0.219 e. The fraction of sp³-hybridized carbons (Fsp3) is 0.250. The van der Waals surface area contributed by atoms with Crippen molar-refractivity contribution in [2.45, 2.75) is 6.42 Å². The molecule has 0 radical (unpaired) electrons. The molecule has 0 aliphatic rings. The van der Waals surface area contributed by atoms with Gasteiger partial charge in [-0.1, -0.05) is 0 Å². The van der Waals surface area contributed by atoms with Crippen molar-refractivity contribution in [3.8, 4) is 6.07 Å². The van der Waals surface area contributed by atoms with E-state index in [-0.39, 0.29) is 18.0 Å². The number of primary amides is 1. The summed E-state index contributed by atoms with van der Waals surface area (Å²) in [7, 11) is 0. The Morgan fingerprint density at radius 1 is 1.64 bits per heavy atom. The largest absolute Gasteiger partial charge is 0.370 e. The van der Waals surface area contributed by atoms with Gasteiger partial charge in [0.25, 0.3) is 0 Å². The number of rotatable bonds is 4. The lowest BCUT2D eigenvalue weighted by Gasteiger charge is -2.02. The molecule has 6 heteroatoms. The third kappa shape index (κ3) is 3.06. The van der Waals surface area contributed by atoms with Crippen molar-refractivity contribution in [3.05, 3.63) is 18.1 Å². The van der Waals surface area contributed by atoms with Gasteiger partial charge >= 0.3 is 0 Å². The molecular formula is C8H9N5O. The second-order valence-corrected chi connectivity index (χ2v) is 2.54. The molecule has 0 bridgehead atoms. The van der Waals surface area contributed by atoms with Crippen LogP contribution in [0.5, 0.6) is 0 Å². The molecule has 1 rings (SSSR count). The number of aromatic nitrogens is 2. The lowest BCUT2D eigenvalue weighted by molar-refractivity contribution is -0.117. The number of hydrogen-bond acceptors (Lipinski definition) is 5. The molecule has 14 heavy (non-hydrogen) atoms. The van der Waals surface area contributed by atoms with Gasteiger partial charge in [-0.05, 0) is 0 Å². The molecule has 72 valence electrons. The summed E-state index contributed by atoms with van der Waals surface area (Å²) in [5.41, 5.74) is 5.23. The number of amides is 1. The summed E-state index contributed by atoms with van der Waals surface area (Å²) >= 11 is 0. The van der Waals surface area contributed by atoms with Crippen molar-refractivity contribution in [2.75, 3.05) is 11.9 Å². The summed E-state index contributed by atoms with van der Waals surface area (Å²) < 4.78 is 0. The first-order valence-corrected chi connectivity index (χ1v) is 3.96. The van der Waals surface area contributed by atoms with Crippen molar-refractivity contribution < 1.29 is 4.79 Å². The van der Waals surface area contributed by atoms with Gasteiger partial charge in [-0.2, -0.15) is 5.26 Å². The Morgan fingerprint density at radius 2 is 2.43 bits per heavy atom. The Labute approximate surface area is 80.8 Å². The minimum atomic E-state index is -0.382. The highest BCUT2D eigenvalue weighted by Gasteiger charge is 1.98.